The van der Waals surface area contributed by atoms with Gasteiger partial charge in [0, 0.05) is 11.9 Å². The van der Waals surface area contributed by atoms with Crippen LogP contribution in [0.4, 0.5) is 0 Å². The van der Waals surface area contributed by atoms with Crippen molar-refractivity contribution < 1.29 is 0 Å². The fourth-order valence-corrected chi connectivity index (χ4v) is 0.436. The van der Waals surface area contributed by atoms with Crippen LogP contribution in [0.3, 0.4) is 0 Å². The Labute approximate surface area is 56.0 Å². The minimum atomic E-state index is 0.567. The maximum absolute atomic E-state index is 3.99. The van der Waals surface area contributed by atoms with E-state index in [-0.39, 0.29) is 0 Å². The first-order valence-electron chi connectivity index (χ1n) is 2.86. The Kier molecular flexibility index (Phi) is 3.60. The SMILES string of the molecule is C=C(N=C(C)C)/N=C\C. The molecule has 0 N–H and O–H groups in total. The van der Waals surface area contributed by atoms with E-state index in [2.05, 4.69) is 16.6 Å². The van der Waals surface area contributed by atoms with Gasteiger partial charge in [-0.25, -0.2) is 9.98 Å². The third-order valence-electron chi connectivity index (χ3n) is 0.631. The fourth-order valence-electron chi connectivity index (χ4n) is 0.436. The van der Waals surface area contributed by atoms with E-state index in [0.717, 1.165) is 5.71 Å². The predicted octanol–water partition coefficient (Wildman–Crippen LogP) is 2.03. The molecule has 0 fully saturated rings. The molecule has 0 rings (SSSR count). The minimum Gasteiger partial charge on any atom is -0.242 e. The van der Waals surface area contributed by atoms with Crippen molar-refractivity contribution in [1.29, 1.82) is 0 Å². The summed E-state index contributed by atoms with van der Waals surface area (Å²) in [4.78, 5) is 7.85. The standard InChI is InChI=1S/C7H12N2/c1-5-8-7(4)9-6(2)3/h5H,4H2,1-3H3/b8-5-. The Morgan fingerprint density at radius 3 is 2.33 bits per heavy atom. The number of nitrogens with zero attached hydrogens (tertiary/aromatic N) is 2. The maximum Gasteiger partial charge on any atom is 0.144 e. The van der Waals surface area contributed by atoms with Crippen LogP contribution in [0.2, 0.25) is 0 Å². The zero-order chi connectivity index (χ0) is 7.28. The second kappa shape index (κ2) is 4.01. The summed E-state index contributed by atoms with van der Waals surface area (Å²) in [6.45, 7) is 9.26. The molecule has 0 amide bonds. The lowest BCUT2D eigenvalue weighted by Crippen LogP contribution is -1.80. The highest BCUT2D eigenvalue weighted by molar-refractivity contribution is 5.80. The Morgan fingerprint density at radius 1 is 1.44 bits per heavy atom. The maximum atomic E-state index is 3.99. The molecule has 0 bridgehead atoms. The van der Waals surface area contributed by atoms with Gasteiger partial charge in [-0.05, 0) is 20.8 Å². The van der Waals surface area contributed by atoms with Gasteiger partial charge in [-0.1, -0.05) is 6.58 Å². The largest absolute Gasteiger partial charge is 0.242 e. The lowest BCUT2D eigenvalue weighted by Gasteiger charge is -1.88. The summed E-state index contributed by atoms with van der Waals surface area (Å²) >= 11 is 0. The van der Waals surface area contributed by atoms with Crippen LogP contribution in [-0.4, -0.2) is 11.9 Å². The lowest BCUT2D eigenvalue weighted by atomic mass is 10.5. The van der Waals surface area contributed by atoms with E-state index >= 15 is 0 Å². The van der Waals surface area contributed by atoms with Crippen LogP contribution in [0, 0.1) is 0 Å². The van der Waals surface area contributed by atoms with Crippen molar-refractivity contribution in [1.82, 2.24) is 0 Å². The highest BCUT2D eigenvalue weighted by Crippen LogP contribution is 1.93. The second-order valence-corrected chi connectivity index (χ2v) is 1.86. The molecule has 0 heterocycles. The third kappa shape index (κ3) is 4.94. The molecule has 0 radical (unpaired) electrons. The van der Waals surface area contributed by atoms with Gasteiger partial charge in [-0.15, -0.1) is 0 Å². The molecule has 9 heavy (non-hydrogen) atoms. The summed E-state index contributed by atoms with van der Waals surface area (Å²) in [5, 5.41) is 0. The van der Waals surface area contributed by atoms with Crippen LogP contribution in [0.15, 0.2) is 22.4 Å². The summed E-state index contributed by atoms with van der Waals surface area (Å²) in [5.74, 6) is 0.567. The third-order valence-corrected chi connectivity index (χ3v) is 0.631. The van der Waals surface area contributed by atoms with E-state index in [0.29, 0.717) is 5.82 Å². The molecule has 0 aromatic heterocycles. The fraction of sp³-hybridized carbons (Fsp3) is 0.429. The Balaban J connectivity index is 3.93. The molecule has 0 saturated carbocycles. The topological polar surface area (TPSA) is 24.7 Å². The summed E-state index contributed by atoms with van der Waals surface area (Å²) in [6, 6.07) is 0. The molecule has 50 valence electrons. The first kappa shape index (κ1) is 8.08. The van der Waals surface area contributed by atoms with Crippen LogP contribution >= 0.6 is 0 Å². The van der Waals surface area contributed by atoms with Gasteiger partial charge in [0.15, 0.2) is 0 Å². The predicted molar refractivity (Wildman–Crippen MR) is 42.1 cm³/mol. The summed E-state index contributed by atoms with van der Waals surface area (Å²) in [5.41, 5.74) is 0.977. The molecule has 0 aromatic carbocycles. The average Bonchev–Trinajstić information content (AvgIpc) is 1.63. The highest BCUT2D eigenvalue weighted by atomic mass is 14.9. The van der Waals surface area contributed by atoms with Crippen molar-refractivity contribution in [2.45, 2.75) is 20.8 Å². The van der Waals surface area contributed by atoms with E-state index < -0.39 is 0 Å². The molecule has 0 aromatic rings. The molecule has 0 aliphatic heterocycles. The average molecular weight is 124 g/mol. The molecular weight excluding hydrogens is 112 g/mol. The second-order valence-electron chi connectivity index (χ2n) is 1.86. The first-order valence-corrected chi connectivity index (χ1v) is 2.86. The Morgan fingerprint density at radius 2 is 2.00 bits per heavy atom. The van der Waals surface area contributed by atoms with Gasteiger partial charge in [0.2, 0.25) is 0 Å². The van der Waals surface area contributed by atoms with Crippen LogP contribution in [0.25, 0.3) is 0 Å². The normalized spacial score (nSPS) is 9.67. The summed E-state index contributed by atoms with van der Waals surface area (Å²) < 4.78 is 0. The molecule has 0 atom stereocenters. The molecule has 2 nitrogen and oxygen atoms in total. The summed E-state index contributed by atoms with van der Waals surface area (Å²) in [6.07, 6.45) is 1.68. The van der Waals surface area contributed by atoms with Gasteiger partial charge in [0.1, 0.15) is 5.82 Å². The van der Waals surface area contributed by atoms with Crippen molar-refractivity contribution in [2.75, 3.05) is 0 Å². The van der Waals surface area contributed by atoms with E-state index in [9.17, 15) is 0 Å². The van der Waals surface area contributed by atoms with Gasteiger partial charge in [-0.2, -0.15) is 0 Å². The van der Waals surface area contributed by atoms with Gasteiger partial charge in [-0.3, -0.25) is 0 Å². The molecule has 0 unspecified atom stereocenters. The smallest absolute Gasteiger partial charge is 0.144 e. The lowest BCUT2D eigenvalue weighted by molar-refractivity contribution is 1.25. The number of rotatable bonds is 2. The van der Waals surface area contributed by atoms with Crippen molar-refractivity contribution in [2.24, 2.45) is 9.98 Å². The van der Waals surface area contributed by atoms with Crippen LogP contribution < -0.4 is 0 Å². The van der Waals surface area contributed by atoms with E-state index in [1.165, 1.54) is 0 Å². The summed E-state index contributed by atoms with van der Waals surface area (Å²) in [7, 11) is 0. The number of hydrogen-bond acceptors (Lipinski definition) is 2. The van der Waals surface area contributed by atoms with Crippen LogP contribution in [0.1, 0.15) is 20.8 Å². The van der Waals surface area contributed by atoms with Crippen molar-refractivity contribution in [3.63, 3.8) is 0 Å². The van der Waals surface area contributed by atoms with Gasteiger partial charge < -0.3 is 0 Å². The zero-order valence-electron chi connectivity index (χ0n) is 6.18. The molecule has 0 spiro atoms. The quantitative estimate of drug-likeness (QED) is 0.503. The number of hydrogen-bond donors (Lipinski definition) is 0. The Bertz CT molecular complexity index is 150. The minimum absolute atomic E-state index is 0.567. The molecule has 0 aliphatic carbocycles. The molecular formula is C7H12N2. The van der Waals surface area contributed by atoms with Crippen molar-refractivity contribution >= 4 is 11.9 Å². The Hall–Kier alpha value is -0.920. The van der Waals surface area contributed by atoms with Gasteiger partial charge in [0.05, 0.1) is 0 Å². The monoisotopic (exact) mass is 124 g/mol. The van der Waals surface area contributed by atoms with Gasteiger partial charge in [0.25, 0.3) is 0 Å². The van der Waals surface area contributed by atoms with Crippen LogP contribution in [0.5, 0.6) is 0 Å². The number of aliphatic imine (C=N–C) groups is 2. The zero-order valence-corrected chi connectivity index (χ0v) is 6.18. The molecule has 2 heteroatoms. The van der Waals surface area contributed by atoms with Crippen molar-refractivity contribution in [3.8, 4) is 0 Å². The highest BCUT2D eigenvalue weighted by Gasteiger charge is 1.80. The van der Waals surface area contributed by atoms with E-state index in [1.807, 2.05) is 20.8 Å². The first-order chi connectivity index (χ1) is 4.16. The van der Waals surface area contributed by atoms with E-state index in [1.54, 1.807) is 6.21 Å². The molecule has 0 saturated heterocycles. The van der Waals surface area contributed by atoms with Gasteiger partial charge >= 0.3 is 0 Å². The molecule has 0 aliphatic rings. The van der Waals surface area contributed by atoms with E-state index in [4.69, 9.17) is 0 Å². The van der Waals surface area contributed by atoms with Crippen LogP contribution in [-0.2, 0) is 0 Å². The van der Waals surface area contributed by atoms with Crippen molar-refractivity contribution in [3.05, 3.63) is 12.4 Å².